The lowest BCUT2D eigenvalue weighted by molar-refractivity contribution is -0.136. The Hall–Kier alpha value is -3.07. The van der Waals surface area contributed by atoms with E-state index in [4.69, 9.17) is 5.73 Å². The summed E-state index contributed by atoms with van der Waals surface area (Å²) in [5.74, 6) is -0.672. The lowest BCUT2D eigenvalue weighted by Crippen LogP contribution is -2.45. The number of nitrogens with one attached hydrogen (secondary N) is 2. The standard InChI is InChI=1S/C27H38N4O4S/c1-3-10-20-11-8-6-5-7-9-12-21(13-20)15-29-24(32)18-36-19-25(33)30-16-22-14-26(34)31(17-22)23(4-2)27(28)35/h5-9,11-13,22-23H,3-4,10,14-19H2,1-2H3,(H2,28,35)(H,29,32)(H,30,33). The zero-order chi connectivity index (χ0) is 26.3. The largest absolute Gasteiger partial charge is 0.368 e. The maximum absolute atomic E-state index is 12.3. The van der Waals surface area contributed by atoms with E-state index >= 15 is 0 Å². The molecule has 196 valence electrons. The van der Waals surface area contributed by atoms with Gasteiger partial charge in [-0.3, -0.25) is 19.2 Å². The van der Waals surface area contributed by atoms with Crippen molar-refractivity contribution in [2.45, 2.75) is 52.1 Å². The number of nitrogens with two attached hydrogens (primary N) is 1. The fraction of sp³-hybridized carbons (Fsp3) is 0.481. The van der Waals surface area contributed by atoms with Crippen LogP contribution in [0.4, 0.5) is 0 Å². The molecule has 36 heavy (non-hydrogen) atoms. The lowest BCUT2D eigenvalue weighted by atomic mass is 10.1. The minimum Gasteiger partial charge on any atom is -0.368 e. The number of carbonyl (C=O) groups excluding carboxylic acids is 4. The highest BCUT2D eigenvalue weighted by Gasteiger charge is 2.35. The van der Waals surface area contributed by atoms with Crippen LogP contribution in [0.3, 0.4) is 0 Å². The van der Waals surface area contributed by atoms with E-state index in [2.05, 4.69) is 29.7 Å². The SMILES string of the molecule is CCCc1cccccccc(CNC(=O)CSCC(=O)NCC2CC(=O)N(C(CC)C(N)=O)C2)c1. The highest BCUT2D eigenvalue weighted by Crippen LogP contribution is 2.21. The van der Waals surface area contributed by atoms with E-state index < -0.39 is 11.9 Å². The van der Waals surface area contributed by atoms with Gasteiger partial charge in [0.25, 0.3) is 0 Å². The normalized spacial score (nSPS) is 15.7. The van der Waals surface area contributed by atoms with Crippen molar-refractivity contribution in [1.82, 2.24) is 15.5 Å². The number of aryl methyl sites for hydroxylation is 1. The van der Waals surface area contributed by atoms with Crippen molar-refractivity contribution in [1.29, 1.82) is 0 Å². The first-order chi connectivity index (χ1) is 17.3. The Balaban J connectivity index is 1.74. The van der Waals surface area contributed by atoms with Crippen LogP contribution in [-0.2, 0) is 32.1 Å². The van der Waals surface area contributed by atoms with Crippen LogP contribution < -0.4 is 16.4 Å². The smallest absolute Gasteiger partial charge is 0.240 e. The maximum atomic E-state index is 12.3. The number of primary amides is 1. The summed E-state index contributed by atoms with van der Waals surface area (Å²) in [5.41, 5.74) is 7.60. The van der Waals surface area contributed by atoms with Crippen molar-refractivity contribution in [2.24, 2.45) is 11.7 Å². The molecule has 1 aromatic rings. The van der Waals surface area contributed by atoms with Gasteiger partial charge in [0, 0.05) is 32.0 Å². The van der Waals surface area contributed by atoms with Crippen LogP contribution in [0.25, 0.3) is 0 Å². The summed E-state index contributed by atoms with van der Waals surface area (Å²) in [6.07, 6.45) is 2.75. The fourth-order valence-corrected chi connectivity index (χ4v) is 4.74. The van der Waals surface area contributed by atoms with E-state index in [1.54, 1.807) is 0 Å². The van der Waals surface area contributed by atoms with Gasteiger partial charge < -0.3 is 21.3 Å². The van der Waals surface area contributed by atoms with Crippen molar-refractivity contribution in [3.8, 4) is 0 Å². The predicted octanol–water partition coefficient (Wildman–Crippen LogP) is 2.34. The average Bonchev–Trinajstić information content (AvgIpc) is 3.20. The van der Waals surface area contributed by atoms with Crippen LogP contribution >= 0.6 is 11.8 Å². The highest BCUT2D eigenvalue weighted by atomic mass is 32.2. The van der Waals surface area contributed by atoms with Crippen molar-refractivity contribution in [3.05, 3.63) is 59.7 Å². The first-order valence-electron chi connectivity index (χ1n) is 12.4. The van der Waals surface area contributed by atoms with Crippen LogP contribution in [0.5, 0.6) is 0 Å². The van der Waals surface area contributed by atoms with Crippen LogP contribution in [-0.4, -0.2) is 59.2 Å². The lowest BCUT2D eigenvalue weighted by Gasteiger charge is -2.24. The molecule has 0 radical (unpaired) electrons. The molecule has 2 rings (SSSR count). The molecule has 0 spiro atoms. The first-order valence-corrected chi connectivity index (χ1v) is 13.6. The van der Waals surface area contributed by atoms with Gasteiger partial charge in [0.2, 0.25) is 23.6 Å². The summed E-state index contributed by atoms with van der Waals surface area (Å²) in [7, 11) is 0. The Kier molecular flexibility index (Phi) is 12.8. The molecule has 1 heterocycles. The number of hydrogen-bond acceptors (Lipinski definition) is 5. The third-order valence-electron chi connectivity index (χ3n) is 5.85. The molecular formula is C27H38N4O4S. The summed E-state index contributed by atoms with van der Waals surface area (Å²) >= 11 is 1.24. The topological polar surface area (TPSA) is 122 Å². The molecule has 2 atom stereocenters. The predicted molar refractivity (Wildman–Crippen MR) is 143 cm³/mol. The van der Waals surface area contributed by atoms with Crippen molar-refractivity contribution < 1.29 is 19.2 Å². The van der Waals surface area contributed by atoms with Gasteiger partial charge in [-0.15, -0.1) is 11.8 Å². The van der Waals surface area contributed by atoms with E-state index in [1.807, 2.05) is 43.3 Å². The second-order valence-corrected chi connectivity index (χ2v) is 9.84. The molecule has 4 N–H and O–H groups in total. The van der Waals surface area contributed by atoms with Crippen molar-refractivity contribution in [2.75, 3.05) is 24.6 Å². The van der Waals surface area contributed by atoms with E-state index in [0.717, 1.165) is 18.4 Å². The molecule has 9 heteroatoms. The quantitative estimate of drug-likeness (QED) is 0.373. The van der Waals surface area contributed by atoms with E-state index in [0.29, 0.717) is 26.1 Å². The zero-order valence-corrected chi connectivity index (χ0v) is 22.0. The average molecular weight is 515 g/mol. The van der Waals surface area contributed by atoms with Crippen molar-refractivity contribution >= 4 is 35.4 Å². The van der Waals surface area contributed by atoms with Gasteiger partial charge in [-0.2, -0.15) is 0 Å². The van der Waals surface area contributed by atoms with E-state index in [9.17, 15) is 19.2 Å². The maximum Gasteiger partial charge on any atom is 0.240 e. The minimum atomic E-state index is -0.600. The van der Waals surface area contributed by atoms with Crippen LogP contribution in [0.2, 0.25) is 0 Å². The molecule has 1 aromatic carbocycles. The first kappa shape index (κ1) is 29.2. The number of likely N-dealkylation sites (tertiary alicyclic amines) is 1. The molecule has 1 fully saturated rings. The van der Waals surface area contributed by atoms with Crippen LogP contribution in [0.1, 0.15) is 44.2 Å². The van der Waals surface area contributed by atoms with E-state index in [1.165, 1.54) is 22.2 Å². The number of nitrogens with zero attached hydrogens (tertiary/aromatic N) is 1. The molecule has 1 saturated heterocycles. The Labute approximate surface area is 218 Å². The van der Waals surface area contributed by atoms with Gasteiger partial charge in [0.05, 0.1) is 11.5 Å². The Morgan fingerprint density at radius 2 is 1.67 bits per heavy atom. The number of carbonyl (C=O) groups is 4. The molecule has 8 nitrogen and oxygen atoms in total. The van der Waals surface area contributed by atoms with E-state index in [-0.39, 0.29) is 41.6 Å². The Bertz CT molecular complexity index is 970. The molecule has 0 saturated carbocycles. The van der Waals surface area contributed by atoms with Gasteiger partial charge in [-0.1, -0.05) is 68.8 Å². The summed E-state index contributed by atoms with van der Waals surface area (Å²) < 4.78 is 0. The Morgan fingerprint density at radius 1 is 1.03 bits per heavy atom. The monoisotopic (exact) mass is 514 g/mol. The third-order valence-corrected chi connectivity index (χ3v) is 6.78. The zero-order valence-electron chi connectivity index (χ0n) is 21.2. The number of amides is 4. The van der Waals surface area contributed by atoms with Crippen molar-refractivity contribution in [3.63, 3.8) is 0 Å². The summed E-state index contributed by atoms with van der Waals surface area (Å²) in [6, 6.07) is 15.4. The van der Waals surface area contributed by atoms with Crippen LogP contribution in [0.15, 0.2) is 48.5 Å². The van der Waals surface area contributed by atoms with Gasteiger partial charge in [0.1, 0.15) is 6.04 Å². The fourth-order valence-electron chi connectivity index (χ4n) is 4.06. The molecular weight excluding hydrogens is 476 g/mol. The van der Waals surface area contributed by atoms with Gasteiger partial charge in [-0.05, 0) is 24.0 Å². The molecule has 2 unspecified atom stereocenters. The number of thioether (sulfide) groups is 1. The molecule has 0 bridgehead atoms. The highest BCUT2D eigenvalue weighted by molar-refractivity contribution is 8.00. The summed E-state index contributed by atoms with van der Waals surface area (Å²) in [6.45, 7) is 5.11. The number of rotatable bonds is 13. The minimum absolute atomic E-state index is 0.0567. The van der Waals surface area contributed by atoms with Crippen LogP contribution in [0, 0.1) is 5.92 Å². The van der Waals surface area contributed by atoms with Gasteiger partial charge in [-0.25, -0.2) is 0 Å². The second kappa shape index (κ2) is 15.8. The summed E-state index contributed by atoms with van der Waals surface area (Å²) in [4.78, 5) is 49.8. The molecule has 4 amide bonds. The third kappa shape index (κ3) is 10.3. The molecule has 1 aliphatic rings. The van der Waals surface area contributed by atoms with Gasteiger partial charge >= 0.3 is 0 Å². The summed E-state index contributed by atoms with van der Waals surface area (Å²) in [5, 5.41) is 5.75. The molecule has 1 aliphatic heterocycles. The molecule has 0 aromatic heterocycles. The molecule has 0 aliphatic carbocycles. The second-order valence-electron chi connectivity index (χ2n) is 8.86. The Morgan fingerprint density at radius 3 is 2.31 bits per heavy atom. The number of hydrogen-bond donors (Lipinski definition) is 3. The van der Waals surface area contributed by atoms with Gasteiger partial charge in [0.15, 0.2) is 0 Å².